The van der Waals surface area contributed by atoms with Gasteiger partial charge in [0.2, 0.25) is 0 Å². The second-order valence-corrected chi connectivity index (χ2v) is 15.6. The average molecular weight is 739 g/mol. The summed E-state index contributed by atoms with van der Waals surface area (Å²) in [5.74, 6) is 0. The summed E-state index contributed by atoms with van der Waals surface area (Å²) in [5.41, 5.74) is 18.9. The summed E-state index contributed by atoms with van der Waals surface area (Å²) in [6, 6.07) is 85.3. The molecule has 9 aromatic carbocycles. The Morgan fingerprint density at radius 3 is 0.948 bits per heavy atom. The zero-order valence-corrected chi connectivity index (χ0v) is 31.8. The third-order valence-corrected chi connectivity index (χ3v) is 12.9. The maximum atomic E-state index is 2.49. The van der Waals surface area contributed by atoms with Crippen molar-refractivity contribution < 1.29 is 0 Å². The summed E-state index contributed by atoms with van der Waals surface area (Å²) in [6.07, 6.45) is 0. The van der Waals surface area contributed by atoms with Crippen molar-refractivity contribution in [1.82, 2.24) is 0 Å². The lowest BCUT2D eigenvalue weighted by Gasteiger charge is -2.47. The summed E-state index contributed by atoms with van der Waals surface area (Å²) >= 11 is 0. The van der Waals surface area contributed by atoms with Gasteiger partial charge in [-0.25, -0.2) is 0 Å². The third-order valence-electron chi connectivity index (χ3n) is 12.9. The molecule has 272 valence electrons. The van der Waals surface area contributed by atoms with E-state index in [4.69, 9.17) is 0 Å². The molecular weight excluding hydrogens is 701 g/mol. The van der Waals surface area contributed by atoms with Crippen molar-refractivity contribution in [2.24, 2.45) is 0 Å². The van der Waals surface area contributed by atoms with Crippen LogP contribution in [0.5, 0.6) is 0 Å². The van der Waals surface area contributed by atoms with Gasteiger partial charge >= 0.3 is 0 Å². The molecule has 2 heterocycles. The number of rotatable bonds is 4. The molecule has 0 bridgehead atoms. The minimum absolute atomic E-state index is 0.447. The lowest BCUT2D eigenvalue weighted by atomic mass is 9.62. The summed E-state index contributed by atoms with van der Waals surface area (Å²) in [7, 11) is 0. The van der Waals surface area contributed by atoms with Crippen LogP contribution in [0.2, 0.25) is 0 Å². The minimum atomic E-state index is -0.517. The fraction of sp³-hybridized carbons (Fsp3) is 0.0357. The number of hydrogen-bond acceptors (Lipinski definition) is 2. The molecule has 9 aromatic rings. The summed E-state index contributed by atoms with van der Waals surface area (Å²) in [4.78, 5) is 4.97. The molecule has 3 aliphatic rings. The van der Waals surface area contributed by atoms with E-state index in [1.54, 1.807) is 0 Å². The van der Waals surface area contributed by atoms with Crippen LogP contribution in [0.1, 0.15) is 44.5 Å². The lowest BCUT2D eigenvalue weighted by molar-refractivity contribution is 0.731. The van der Waals surface area contributed by atoms with Gasteiger partial charge in [0.15, 0.2) is 0 Å². The molecule has 0 amide bonds. The smallest absolute Gasteiger partial charge is 0.0754 e. The van der Waals surface area contributed by atoms with Crippen LogP contribution in [0.25, 0.3) is 11.1 Å². The van der Waals surface area contributed by atoms with Crippen LogP contribution >= 0.6 is 0 Å². The van der Waals surface area contributed by atoms with Gasteiger partial charge < -0.3 is 9.80 Å². The number of para-hydroxylation sites is 4. The van der Waals surface area contributed by atoms with Gasteiger partial charge in [0, 0.05) is 11.4 Å². The molecule has 0 atom stereocenters. The molecule has 2 heteroatoms. The summed E-state index contributed by atoms with van der Waals surface area (Å²) < 4.78 is 0. The largest absolute Gasteiger partial charge is 0.310 e. The van der Waals surface area contributed by atoms with Crippen LogP contribution in [0, 0.1) is 0 Å². The van der Waals surface area contributed by atoms with Crippen LogP contribution in [-0.4, -0.2) is 0 Å². The average Bonchev–Trinajstić information content (AvgIpc) is 3.59. The molecular formula is C56H38N2. The molecule has 0 fully saturated rings. The van der Waals surface area contributed by atoms with Gasteiger partial charge in [-0.1, -0.05) is 188 Å². The van der Waals surface area contributed by atoms with Gasteiger partial charge in [-0.3, -0.25) is 0 Å². The molecule has 12 rings (SSSR count). The van der Waals surface area contributed by atoms with Crippen LogP contribution in [0.3, 0.4) is 0 Å². The first-order valence-electron chi connectivity index (χ1n) is 20.2. The topological polar surface area (TPSA) is 6.48 Å². The number of nitrogens with zero attached hydrogens (tertiary/aromatic N) is 2. The maximum absolute atomic E-state index is 2.49. The van der Waals surface area contributed by atoms with Crippen molar-refractivity contribution >= 4 is 34.1 Å². The van der Waals surface area contributed by atoms with E-state index in [0.717, 1.165) is 11.4 Å². The Bertz CT molecular complexity index is 2740. The molecule has 2 nitrogen and oxygen atoms in total. The van der Waals surface area contributed by atoms with E-state index in [1.165, 1.54) is 78.4 Å². The highest BCUT2D eigenvalue weighted by atomic mass is 15.2. The van der Waals surface area contributed by atoms with Crippen LogP contribution in [-0.2, 0) is 10.8 Å². The van der Waals surface area contributed by atoms with Crippen LogP contribution in [0.15, 0.2) is 231 Å². The van der Waals surface area contributed by atoms with E-state index in [-0.39, 0.29) is 0 Å². The van der Waals surface area contributed by atoms with E-state index in [9.17, 15) is 0 Å². The Morgan fingerprint density at radius 1 is 0.241 bits per heavy atom. The molecule has 0 saturated carbocycles. The number of hydrogen-bond donors (Lipinski definition) is 0. The summed E-state index contributed by atoms with van der Waals surface area (Å²) in [6.45, 7) is 0. The number of anilines is 6. The van der Waals surface area contributed by atoms with E-state index in [2.05, 4.69) is 240 Å². The second-order valence-electron chi connectivity index (χ2n) is 15.6. The number of benzene rings is 9. The maximum Gasteiger partial charge on any atom is 0.0754 e. The first-order valence-corrected chi connectivity index (χ1v) is 20.2. The van der Waals surface area contributed by atoms with Gasteiger partial charge in [0.1, 0.15) is 0 Å². The van der Waals surface area contributed by atoms with Gasteiger partial charge in [-0.05, 0) is 98.1 Å². The van der Waals surface area contributed by atoms with Crippen LogP contribution in [0.4, 0.5) is 34.1 Å². The van der Waals surface area contributed by atoms with Crippen molar-refractivity contribution in [3.63, 3.8) is 0 Å². The van der Waals surface area contributed by atoms with Crippen molar-refractivity contribution in [3.05, 3.63) is 275 Å². The highest BCUT2D eigenvalue weighted by Gasteiger charge is 2.52. The number of fused-ring (bicyclic) bond motifs is 11. The van der Waals surface area contributed by atoms with Crippen molar-refractivity contribution in [3.8, 4) is 11.1 Å². The molecule has 58 heavy (non-hydrogen) atoms. The van der Waals surface area contributed by atoms with Gasteiger partial charge in [-0.2, -0.15) is 0 Å². The fourth-order valence-electron chi connectivity index (χ4n) is 10.8. The van der Waals surface area contributed by atoms with Crippen molar-refractivity contribution in [1.29, 1.82) is 0 Å². The molecule has 0 saturated heterocycles. The Morgan fingerprint density at radius 2 is 0.552 bits per heavy atom. The van der Waals surface area contributed by atoms with Crippen molar-refractivity contribution in [2.45, 2.75) is 10.8 Å². The van der Waals surface area contributed by atoms with Gasteiger partial charge in [0.25, 0.3) is 0 Å². The first kappa shape index (κ1) is 32.8. The van der Waals surface area contributed by atoms with E-state index < -0.39 is 10.8 Å². The van der Waals surface area contributed by atoms with Crippen LogP contribution < -0.4 is 9.80 Å². The van der Waals surface area contributed by atoms with E-state index >= 15 is 0 Å². The monoisotopic (exact) mass is 738 g/mol. The first-order chi connectivity index (χ1) is 28.8. The SMILES string of the molecule is c1ccc(C2(c3ccccc3)c3ccccc3N(c3cccc(N4c5ccccc5C5(c6ccccc6-c6ccccc65)c5ccccc54)c3)c3ccccc32)cc1. The zero-order valence-electron chi connectivity index (χ0n) is 31.8. The lowest BCUT2D eigenvalue weighted by Crippen LogP contribution is -2.37. The molecule has 1 aliphatic carbocycles. The second kappa shape index (κ2) is 12.5. The van der Waals surface area contributed by atoms with Crippen molar-refractivity contribution in [2.75, 3.05) is 9.80 Å². The highest BCUT2D eigenvalue weighted by molar-refractivity contribution is 5.97. The zero-order chi connectivity index (χ0) is 38.3. The Kier molecular flexibility index (Phi) is 7.09. The molecule has 0 aromatic heterocycles. The van der Waals surface area contributed by atoms with Gasteiger partial charge in [0.05, 0.1) is 33.6 Å². The predicted molar refractivity (Wildman–Crippen MR) is 239 cm³/mol. The third kappa shape index (κ3) is 4.27. The normalized spacial score (nSPS) is 14.8. The molecule has 0 N–H and O–H groups in total. The standard InChI is InChI=1S/C56H38N2/c1-3-20-39(21-4-1)55(40-22-5-2-6-23-40)47-30-11-15-34-51(47)57(52-35-16-12-31-48(52)55)41-24-19-25-42(38-41)58-53-36-17-13-32-49(53)56(50-33-14-18-37-54(50)58)45-28-9-7-26-43(45)44-27-8-10-29-46(44)56/h1-38H. The minimum Gasteiger partial charge on any atom is -0.310 e. The Balaban J connectivity index is 1.08. The quantitative estimate of drug-likeness (QED) is 0.177. The molecule has 0 unspecified atom stereocenters. The van der Waals surface area contributed by atoms with Gasteiger partial charge in [-0.15, -0.1) is 0 Å². The van der Waals surface area contributed by atoms with E-state index in [0.29, 0.717) is 0 Å². The summed E-state index contributed by atoms with van der Waals surface area (Å²) in [5, 5.41) is 0. The Labute approximate surface area is 339 Å². The molecule has 2 aliphatic heterocycles. The molecule has 0 radical (unpaired) electrons. The Hall–Kier alpha value is -7.42. The predicted octanol–water partition coefficient (Wildman–Crippen LogP) is 14.0. The molecule has 1 spiro atoms. The highest BCUT2D eigenvalue weighted by Crippen LogP contribution is 2.64. The fourth-order valence-corrected chi connectivity index (χ4v) is 10.8. The van der Waals surface area contributed by atoms with E-state index in [1.807, 2.05) is 0 Å².